The molecule has 3 aromatic heterocycles. The maximum atomic E-state index is 13.5. The van der Waals surface area contributed by atoms with Gasteiger partial charge in [-0.2, -0.15) is 5.10 Å². The molecule has 0 unspecified atom stereocenters. The Morgan fingerprint density at radius 1 is 0.896 bits per heavy atom. The van der Waals surface area contributed by atoms with Crippen LogP contribution >= 0.6 is 11.6 Å². The van der Waals surface area contributed by atoms with E-state index < -0.39 is 17.0 Å². The highest BCUT2D eigenvalue weighted by molar-refractivity contribution is 6.34. The average Bonchev–Trinajstić information content (AvgIpc) is 3.10. The second-order valence-electron chi connectivity index (χ2n) is 11.1. The normalized spacial score (nSPS) is 10.9. The fourth-order valence-electron chi connectivity index (χ4n) is 4.91. The fraction of sp³-hybridized carbons (Fsp3) is 0.105. The van der Waals surface area contributed by atoms with Crippen LogP contribution in [0.15, 0.2) is 132 Å². The molecule has 0 atom stereocenters. The van der Waals surface area contributed by atoms with Crippen molar-refractivity contribution in [2.45, 2.75) is 26.3 Å². The molecular weight excluding hydrogens is 629 g/mol. The first-order valence-electron chi connectivity index (χ1n) is 15.2. The van der Waals surface area contributed by atoms with E-state index in [-0.39, 0.29) is 40.4 Å². The van der Waals surface area contributed by atoms with Gasteiger partial charge in [-0.05, 0) is 37.1 Å². The van der Waals surface area contributed by atoms with Crippen molar-refractivity contribution in [2.24, 2.45) is 4.99 Å². The molecule has 0 radical (unpaired) electrons. The number of ketones is 1. The van der Waals surface area contributed by atoms with Gasteiger partial charge in [0.25, 0.3) is 0 Å². The largest absolute Gasteiger partial charge is 0.437 e. The Bertz CT molecular complexity index is 2110. The highest BCUT2D eigenvalue weighted by atomic mass is 35.5. The number of hydrogen-bond acceptors (Lipinski definition) is 7. The molecule has 3 heterocycles. The molecule has 0 fully saturated rings. The van der Waals surface area contributed by atoms with Crippen molar-refractivity contribution in [1.29, 1.82) is 0 Å². The summed E-state index contributed by atoms with van der Waals surface area (Å²) in [6.07, 6.45) is 4.51. The number of ether oxygens (including phenoxy) is 1. The van der Waals surface area contributed by atoms with E-state index in [1.165, 1.54) is 30.5 Å². The molecule has 0 aliphatic rings. The number of aromatic nitrogens is 4. The van der Waals surface area contributed by atoms with Crippen molar-refractivity contribution < 1.29 is 13.9 Å². The predicted molar refractivity (Wildman–Crippen MR) is 184 cm³/mol. The lowest BCUT2D eigenvalue weighted by atomic mass is 10.0. The van der Waals surface area contributed by atoms with E-state index in [2.05, 4.69) is 15.1 Å². The summed E-state index contributed by atoms with van der Waals surface area (Å²) in [5.41, 5.74) is 3.10. The van der Waals surface area contributed by atoms with Gasteiger partial charge >= 0.3 is 0 Å². The molecule has 10 heteroatoms. The molecule has 6 aromatic rings. The van der Waals surface area contributed by atoms with Gasteiger partial charge < -0.3 is 4.74 Å². The zero-order valence-corrected chi connectivity index (χ0v) is 26.8. The Balaban J connectivity index is 1.23. The molecule has 0 spiro atoms. The van der Waals surface area contributed by atoms with Crippen LogP contribution in [0.1, 0.15) is 47.1 Å². The molecular formula is C38H29ClFN5O3. The number of carbonyl (C=O) groups excluding carboxylic acids is 1. The molecule has 0 saturated heterocycles. The van der Waals surface area contributed by atoms with E-state index in [1.54, 1.807) is 35.3 Å². The molecule has 0 aliphatic heterocycles. The average molecular weight is 658 g/mol. The van der Waals surface area contributed by atoms with Crippen molar-refractivity contribution in [3.8, 4) is 22.8 Å². The predicted octanol–water partition coefficient (Wildman–Crippen LogP) is 8.46. The third kappa shape index (κ3) is 7.27. The van der Waals surface area contributed by atoms with Gasteiger partial charge in [0.05, 0.1) is 5.71 Å². The van der Waals surface area contributed by atoms with Crippen LogP contribution in [0.4, 0.5) is 10.2 Å². The van der Waals surface area contributed by atoms with Gasteiger partial charge in [-0.1, -0.05) is 90.5 Å². The third-order valence-electron chi connectivity index (χ3n) is 7.41. The first-order chi connectivity index (χ1) is 23.3. The standard InChI is InChI=1S/C38H29ClFN5O3/c1-24(2)45-23-30(26-14-16-29(40)17-15-26)37(47)36(44-45)31(46)21-25-13-18-33(42-22-25)48-32-19-20-41-38(34(32)39)43-35(27-9-5-3-6-10-27)28-11-7-4-8-12-28/h3-20,22-24H,21H2,1-2H3. The number of halogens is 2. The monoisotopic (exact) mass is 657 g/mol. The summed E-state index contributed by atoms with van der Waals surface area (Å²) in [5.74, 6) is -0.0753. The van der Waals surface area contributed by atoms with Crippen molar-refractivity contribution in [3.05, 3.63) is 165 Å². The lowest BCUT2D eigenvalue weighted by molar-refractivity contribution is 0.0984. The van der Waals surface area contributed by atoms with Crippen LogP contribution in [0.25, 0.3) is 11.1 Å². The summed E-state index contributed by atoms with van der Waals surface area (Å²) < 4.78 is 21.1. The van der Waals surface area contributed by atoms with Crippen LogP contribution in [0.3, 0.4) is 0 Å². The summed E-state index contributed by atoms with van der Waals surface area (Å²) in [6, 6.07) is 29.8. The Morgan fingerprint density at radius 2 is 1.56 bits per heavy atom. The number of hydrogen-bond donors (Lipinski definition) is 0. The van der Waals surface area contributed by atoms with Crippen molar-refractivity contribution in [3.63, 3.8) is 0 Å². The van der Waals surface area contributed by atoms with Crippen LogP contribution < -0.4 is 10.2 Å². The van der Waals surface area contributed by atoms with E-state index in [0.29, 0.717) is 22.6 Å². The molecule has 3 aromatic carbocycles. The van der Waals surface area contributed by atoms with Crippen molar-refractivity contribution in [1.82, 2.24) is 19.7 Å². The van der Waals surface area contributed by atoms with E-state index >= 15 is 0 Å². The Labute approximate surface area is 281 Å². The molecule has 0 amide bonds. The summed E-state index contributed by atoms with van der Waals surface area (Å²) in [5, 5.41) is 4.53. The number of Topliss-reactive ketones (excluding diaryl/α,β-unsaturated/α-hetero) is 1. The van der Waals surface area contributed by atoms with E-state index in [0.717, 1.165) is 11.1 Å². The molecule has 0 N–H and O–H groups in total. The minimum atomic E-state index is -0.523. The molecule has 48 heavy (non-hydrogen) atoms. The van der Waals surface area contributed by atoms with Crippen LogP contribution in [0, 0.1) is 5.82 Å². The topological polar surface area (TPSA) is 99.3 Å². The Morgan fingerprint density at radius 3 is 2.17 bits per heavy atom. The number of nitrogens with zero attached hydrogens (tertiary/aromatic N) is 5. The third-order valence-corrected chi connectivity index (χ3v) is 7.76. The first-order valence-corrected chi connectivity index (χ1v) is 15.5. The van der Waals surface area contributed by atoms with Gasteiger partial charge in [-0.3, -0.25) is 14.3 Å². The number of pyridine rings is 2. The van der Waals surface area contributed by atoms with Gasteiger partial charge in [0, 0.05) is 59.9 Å². The Hall–Kier alpha value is -5.80. The minimum absolute atomic E-state index is 0.114. The summed E-state index contributed by atoms with van der Waals surface area (Å²) in [6.45, 7) is 3.78. The van der Waals surface area contributed by atoms with Gasteiger partial charge in [-0.25, -0.2) is 19.4 Å². The molecule has 0 aliphatic carbocycles. The van der Waals surface area contributed by atoms with Gasteiger partial charge in [-0.15, -0.1) is 0 Å². The van der Waals surface area contributed by atoms with Crippen molar-refractivity contribution >= 4 is 28.9 Å². The summed E-state index contributed by atoms with van der Waals surface area (Å²) in [7, 11) is 0. The number of benzene rings is 3. The maximum absolute atomic E-state index is 13.5. The molecule has 0 bridgehead atoms. The molecule has 8 nitrogen and oxygen atoms in total. The fourth-order valence-corrected chi connectivity index (χ4v) is 5.11. The van der Waals surface area contributed by atoms with Gasteiger partial charge in [0.2, 0.25) is 11.3 Å². The Kier molecular flexibility index (Phi) is 9.59. The number of aliphatic imine (C=N–C) groups is 1. The lowest BCUT2D eigenvalue weighted by Gasteiger charge is -2.13. The van der Waals surface area contributed by atoms with E-state index in [4.69, 9.17) is 21.3 Å². The second-order valence-corrected chi connectivity index (χ2v) is 11.5. The zero-order chi connectivity index (χ0) is 33.6. The summed E-state index contributed by atoms with van der Waals surface area (Å²) in [4.78, 5) is 40.3. The lowest BCUT2D eigenvalue weighted by Crippen LogP contribution is -2.25. The summed E-state index contributed by atoms with van der Waals surface area (Å²) >= 11 is 6.74. The highest BCUT2D eigenvalue weighted by Crippen LogP contribution is 2.35. The zero-order valence-electron chi connectivity index (χ0n) is 26.0. The number of carbonyl (C=O) groups is 1. The van der Waals surface area contributed by atoms with Crippen LogP contribution in [0.2, 0.25) is 5.02 Å². The van der Waals surface area contributed by atoms with Crippen LogP contribution in [-0.4, -0.2) is 31.2 Å². The van der Waals surface area contributed by atoms with Gasteiger partial charge in [0.15, 0.2) is 23.0 Å². The number of rotatable bonds is 10. The highest BCUT2D eigenvalue weighted by Gasteiger charge is 2.20. The van der Waals surface area contributed by atoms with E-state index in [1.807, 2.05) is 74.5 Å². The first kappa shape index (κ1) is 32.2. The second kappa shape index (κ2) is 14.3. The quantitative estimate of drug-likeness (QED) is 0.108. The minimum Gasteiger partial charge on any atom is -0.437 e. The SMILES string of the molecule is CC(C)n1cc(-c2ccc(F)cc2)c(=O)c(C(=O)Cc2ccc(Oc3ccnc(N=C(c4ccccc4)c4ccccc4)c3Cl)nc2)n1. The van der Waals surface area contributed by atoms with Crippen LogP contribution in [-0.2, 0) is 6.42 Å². The van der Waals surface area contributed by atoms with Crippen LogP contribution in [0.5, 0.6) is 11.6 Å². The van der Waals surface area contributed by atoms with Gasteiger partial charge in [0.1, 0.15) is 10.8 Å². The maximum Gasteiger partial charge on any atom is 0.219 e. The van der Waals surface area contributed by atoms with Crippen molar-refractivity contribution in [2.75, 3.05) is 0 Å². The molecule has 6 rings (SSSR count). The molecule has 238 valence electrons. The molecule has 0 saturated carbocycles. The smallest absolute Gasteiger partial charge is 0.219 e. The van der Waals surface area contributed by atoms with E-state index in [9.17, 15) is 14.0 Å².